The lowest BCUT2D eigenvalue weighted by Crippen LogP contribution is -2.04. The maximum absolute atomic E-state index is 5.82. The predicted molar refractivity (Wildman–Crippen MR) is 57.3 cm³/mol. The number of nitrogen functional groups attached to an aromatic ring is 1. The van der Waals surface area contributed by atoms with E-state index in [2.05, 4.69) is 0 Å². The molecular weight excluding hydrogens is 178 g/mol. The summed E-state index contributed by atoms with van der Waals surface area (Å²) in [6.45, 7) is 4.55. The van der Waals surface area contributed by atoms with E-state index in [1.165, 1.54) is 0 Å². The van der Waals surface area contributed by atoms with Crippen LogP contribution in [0.2, 0.25) is 0 Å². The second-order valence-corrected chi connectivity index (χ2v) is 3.42. The monoisotopic (exact) mass is 195 g/mol. The van der Waals surface area contributed by atoms with Gasteiger partial charge in [0.05, 0.1) is 19.8 Å². The van der Waals surface area contributed by atoms with Crippen molar-refractivity contribution in [3.05, 3.63) is 23.8 Å². The Morgan fingerprint density at radius 3 is 2.57 bits per heavy atom. The van der Waals surface area contributed by atoms with E-state index in [-0.39, 0.29) is 6.10 Å². The molecule has 3 nitrogen and oxygen atoms in total. The van der Waals surface area contributed by atoms with Crippen LogP contribution in [0.4, 0.5) is 5.69 Å². The van der Waals surface area contributed by atoms with Crippen molar-refractivity contribution in [3.8, 4) is 5.75 Å². The van der Waals surface area contributed by atoms with Crippen molar-refractivity contribution in [1.29, 1.82) is 0 Å². The third kappa shape index (κ3) is 2.92. The van der Waals surface area contributed by atoms with Crippen molar-refractivity contribution >= 4 is 5.69 Å². The molecule has 0 saturated carbocycles. The van der Waals surface area contributed by atoms with Gasteiger partial charge >= 0.3 is 0 Å². The molecule has 1 aromatic rings. The van der Waals surface area contributed by atoms with Gasteiger partial charge in [-0.2, -0.15) is 0 Å². The minimum Gasteiger partial charge on any atom is -0.497 e. The maximum Gasteiger partial charge on any atom is 0.120 e. The van der Waals surface area contributed by atoms with Crippen LogP contribution in [-0.4, -0.2) is 13.2 Å². The first-order valence-corrected chi connectivity index (χ1v) is 4.67. The quantitative estimate of drug-likeness (QED) is 0.749. The molecule has 0 aromatic heterocycles. The Hall–Kier alpha value is -1.22. The molecule has 1 rings (SSSR count). The van der Waals surface area contributed by atoms with Gasteiger partial charge in [-0.1, -0.05) is 6.07 Å². The molecule has 0 unspecified atom stereocenters. The summed E-state index contributed by atoms with van der Waals surface area (Å²) in [6, 6.07) is 5.62. The molecule has 2 N–H and O–H groups in total. The van der Waals surface area contributed by atoms with E-state index in [1.54, 1.807) is 13.2 Å². The molecule has 0 aliphatic heterocycles. The summed E-state index contributed by atoms with van der Waals surface area (Å²) in [6.07, 6.45) is 0.219. The summed E-state index contributed by atoms with van der Waals surface area (Å²) in [5, 5.41) is 0. The van der Waals surface area contributed by atoms with Gasteiger partial charge in [0.25, 0.3) is 0 Å². The van der Waals surface area contributed by atoms with E-state index in [0.717, 1.165) is 11.3 Å². The highest BCUT2D eigenvalue weighted by Crippen LogP contribution is 2.20. The van der Waals surface area contributed by atoms with Crippen LogP contribution in [0.25, 0.3) is 0 Å². The zero-order valence-corrected chi connectivity index (χ0v) is 8.91. The zero-order chi connectivity index (χ0) is 10.6. The molecule has 14 heavy (non-hydrogen) atoms. The number of benzene rings is 1. The van der Waals surface area contributed by atoms with Crippen LogP contribution < -0.4 is 10.5 Å². The van der Waals surface area contributed by atoms with E-state index in [4.69, 9.17) is 15.2 Å². The number of anilines is 1. The molecule has 0 saturated heterocycles. The molecule has 0 aliphatic rings. The number of ether oxygens (including phenoxy) is 2. The van der Waals surface area contributed by atoms with Gasteiger partial charge in [0, 0.05) is 17.3 Å². The summed E-state index contributed by atoms with van der Waals surface area (Å²) in [5.41, 5.74) is 7.54. The molecule has 0 radical (unpaired) electrons. The standard InChI is InChI=1S/C11H17NO2/c1-8(2)14-7-9-4-5-10(13-3)6-11(9)12/h4-6,8H,7,12H2,1-3H3. The summed E-state index contributed by atoms with van der Waals surface area (Å²) >= 11 is 0. The molecule has 0 amide bonds. The molecule has 0 spiro atoms. The van der Waals surface area contributed by atoms with Crippen LogP contribution in [0.1, 0.15) is 19.4 Å². The minimum atomic E-state index is 0.219. The summed E-state index contributed by atoms with van der Waals surface area (Å²) in [7, 11) is 1.62. The van der Waals surface area contributed by atoms with Gasteiger partial charge in [-0.15, -0.1) is 0 Å². The molecule has 0 atom stereocenters. The van der Waals surface area contributed by atoms with Crippen molar-refractivity contribution in [3.63, 3.8) is 0 Å². The van der Waals surface area contributed by atoms with Crippen LogP contribution in [0.15, 0.2) is 18.2 Å². The van der Waals surface area contributed by atoms with Crippen molar-refractivity contribution in [2.75, 3.05) is 12.8 Å². The summed E-state index contributed by atoms with van der Waals surface area (Å²) in [4.78, 5) is 0. The maximum atomic E-state index is 5.82. The Bertz CT molecular complexity index is 297. The first-order valence-electron chi connectivity index (χ1n) is 4.67. The number of hydrogen-bond donors (Lipinski definition) is 1. The van der Waals surface area contributed by atoms with Gasteiger partial charge < -0.3 is 15.2 Å². The molecule has 0 bridgehead atoms. The Morgan fingerprint density at radius 1 is 1.36 bits per heavy atom. The van der Waals surface area contributed by atoms with Gasteiger partial charge in [-0.3, -0.25) is 0 Å². The Kier molecular flexibility index (Phi) is 3.77. The second-order valence-electron chi connectivity index (χ2n) is 3.42. The number of hydrogen-bond acceptors (Lipinski definition) is 3. The normalized spacial score (nSPS) is 10.6. The van der Waals surface area contributed by atoms with E-state index < -0.39 is 0 Å². The van der Waals surface area contributed by atoms with Gasteiger partial charge in [0.15, 0.2) is 0 Å². The Balaban J connectivity index is 2.69. The Morgan fingerprint density at radius 2 is 2.07 bits per heavy atom. The average Bonchev–Trinajstić information content (AvgIpc) is 2.15. The van der Waals surface area contributed by atoms with Crippen LogP contribution in [0, 0.1) is 0 Å². The molecule has 0 fully saturated rings. The summed E-state index contributed by atoms with van der Waals surface area (Å²) in [5.74, 6) is 0.774. The van der Waals surface area contributed by atoms with E-state index in [1.807, 2.05) is 26.0 Å². The van der Waals surface area contributed by atoms with E-state index in [9.17, 15) is 0 Å². The van der Waals surface area contributed by atoms with Gasteiger partial charge in [0.1, 0.15) is 5.75 Å². The summed E-state index contributed by atoms with van der Waals surface area (Å²) < 4.78 is 10.5. The van der Waals surface area contributed by atoms with E-state index in [0.29, 0.717) is 12.3 Å². The third-order valence-electron chi connectivity index (χ3n) is 1.93. The number of methoxy groups -OCH3 is 1. The van der Waals surface area contributed by atoms with Crippen molar-refractivity contribution in [2.45, 2.75) is 26.6 Å². The molecule has 1 aromatic carbocycles. The fraction of sp³-hybridized carbons (Fsp3) is 0.455. The van der Waals surface area contributed by atoms with Gasteiger partial charge in [-0.05, 0) is 19.9 Å². The van der Waals surface area contributed by atoms with Crippen LogP contribution in [-0.2, 0) is 11.3 Å². The highest BCUT2D eigenvalue weighted by molar-refractivity contribution is 5.51. The lowest BCUT2D eigenvalue weighted by atomic mass is 10.2. The smallest absolute Gasteiger partial charge is 0.120 e. The molecule has 0 heterocycles. The lowest BCUT2D eigenvalue weighted by Gasteiger charge is -2.10. The molecule has 0 aliphatic carbocycles. The molecule has 78 valence electrons. The van der Waals surface area contributed by atoms with Crippen LogP contribution in [0.3, 0.4) is 0 Å². The fourth-order valence-electron chi connectivity index (χ4n) is 1.09. The first kappa shape index (κ1) is 10.9. The van der Waals surface area contributed by atoms with Crippen LogP contribution >= 0.6 is 0 Å². The minimum absolute atomic E-state index is 0.219. The molecule has 3 heteroatoms. The lowest BCUT2D eigenvalue weighted by molar-refractivity contribution is 0.0660. The van der Waals surface area contributed by atoms with Crippen molar-refractivity contribution in [2.24, 2.45) is 0 Å². The average molecular weight is 195 g/mol. The predicted octanol–water partition coefficient (Wildman–Crippen LogP) is 2.20. The number of nitrogens with two attached hydrogens (primary N) is 1. The Labute approximate surface area is 84.8 Å². The van der Waals surface area contributed by atoms with Crippen molar-refractivity contribution < 1.29 is 9.47 Å². The van der Waals surface area contributed by atoms with Crippen molar-refractivity contribution in [1.82, 2.24) is 0 Å². The highest BCUT2D eigenvalue weighted by Gasteiger charge is 2.02. The largest absolute Gasteiger partial charge is 0.497 e. The second kappa shape index (κ2) is 4.86. The fourth-order valence-corrected chi connectivity index (χ4v) is 1.09. The molecular formula is C11H17NO2. The van der Waals surface area contributed by atoms with Gasteiger partial charge in [-0.25, -0.2) is 0 Å². The van der Waals surface area contributed by atoms with Crippen LogP contribution in [0.5, 0.6) is 5.75 Å². The van der Waals surface area contributed by atoms with Gasteiger partial charge in [0.2, 0.25) is 0 Å². The zero-order valence-electron chi connectivity index (χ0n) is 8.91. The topological polar surface area (TPSA) is 44.5 Å². The SMILES string of the molecule is COc1ccc(COC(C)C)c(N)c1. The third-order valence-corrected chi connectivity index (χ3v) is 1.93. The highest BCUT2D eigenvalue weighted by atomic mass is 16.5. The van der Waals surface area contributed by atoms with E-state index >= 15 is 0 Å². The first-order chi connectivity index (χ1) is 6.63. The number of rotatable bonds is 4.